The highest BCUT2D eigenvalue weighted by Gasteiger charge is 2.15. The summed E-state index contributed by atoms with van der Waals surface area (Å²) in [7, 11) is -3.30. The molecule has 7 heteroatoms. The third-order valence-electron chi connectivity index (χ3n) is 3.41. The SMILES string of the molecule is CS(=O)(=O)c1ccc(-c2occc(=O)c2Oc2ccc(Br)cc2)cc1. The molecule has 0 aliphatic heterocycles. The maximum atomic E-state index is 12.2. The average molecular weight is 421 g/mol. The van der Waals surface area contributed by atoms with Gasteiger partial charge in [-0.3, -0.25) is 4.79 Å². The van der Waals surface area contributed by atoms with Crippen molar-refractivity contribution in [1.29, 1.82) is 0 Å². The molecule has 5 nitrogen and oxygen atoms in total. The molecule has 0 aliphatic rings. The van der Waals surface area contributed by atoms with Crippen LogP contribution in [0.25, 0.3) is 11.3 Å². The smallest absolute Gasteiger partial charge is 0.228 e. The molecule has 1 heterocycles. The van der Waals surface area contributed by atoms with E-state index in [4.69, 9.17) is 9.15 Å². The molecule has 3 aromatic rings. The largest absolute Gasteiger partial charge is 0.460 e. The zero-order chi connectivity index (χ0) is 18.0. The van der Waals surface area contributed by atoms with Crippen molar-refractivity contribution in [3.8, 4) is 22.8 Å². The number of hydrogen-bond donors (Lipinski definition) is 0. The summed E-state index contributed by atoms with van der Waals surface area (Å²) < 4.78 is 35.2. The van der Waals surface area contributed by atoms with Gasteiger partial charge in [-0.2, -0.15) is 0 Å². The molecule has 0 unspecified atom stereocenters. The van der Waals surface area contributed by atoms with E-state index >= 15 is 0 Å². The van der Waals surface area contributed by atoms with E-state index in [2.05, 4.69) is 15.9 Å². The molecule has 0 N–H and O–H groups in total. The third-order valence-corrected chi connectivity index (χ3v) is 5.07. The Morgan fingerprint density at radius 1 is 0.960 bits per heavy atom. The molecule has 0 spiro atoms. The molecule has 2 aromatic carbocycles. The molecule has 128 valence electrons. The van der Waals surface area contributed by atoms with E-state index in [-0.39, 0.29) is 21.8 Å². The van der Waals surface area contributed by atoms with Crippen molar-refractivity contribution in [3.63, 3.8) is 0 Å². The lowest BCUT2D eigenvalue weighted by Gasteiger charge is -2.09. The van der Waals surface area contributed by atoms with Gasteiger partial charge >= 0.3 is 0 Å². The van der Waals surface area contributed by atoms with Crippen LogP contribution in [-0.4, -0.2) is 14.7 Å². The average Bonchev–Trinajstić information content (AvgIpc) is 2.58. The first-order chi connectivity index (χ1) is 11.8. The molecular formula is C18H13BrO5S. The first-order valence-electron chi connectivity index (χ1n) is 7.20. The van der Waals surface area contributed by atoms with Crippen LogP contribution in [0.3, 0.4) is 0 Å². The second kappa shape index (κ2) is 6.85. The van der Waals surface area contributed by atoms with Gasteiger partial charge in [-0.25, -0.2) is 8.42 Å². The van der Waals surface area contributed by atoms with Gasteiger partial charge < -0.3 is 9.15 Å². The second-order valence-corrected chi connectivity index (χ2v) is 8.23. The fourth-order valence-electron chi connectivity index (χ4n) is 2.17. The Morgan fingerprint density at radius 2 is 1.60 bits per heavy atom. The van der Waals surface area contributed by atoms with Gasteiger partial charge in [0.1, 0.15) is 5.75 Å². The van der Waals surface area contributed by atoms with Gasteiger partial charge in [0.15, 0.2) is 15.6 Å². The van der Waals surface area contributed by atoms with Gasteiger partial charge in [0.25, 0.3) is 0 Å². The minimum absolute atomic E-state index is 0.0388. The van der Waals surface area contributed by atoms with Crippen molar-refractivity contribution in [2.24, 2.45) is 0 Å². The van der Waals surface area contributed by atoms with E-state index in [1.54, 1.807) is 36.4 Å². The summed E-state index contributed by atoms with van der Waals surface area (Å²) in [5.41, 5.74) is 0.202. The summed E-state index contributed by atoms with van der Waals surface area (Å²) in [6.45, 7) is 0. The van der Waals surface area contributed by atoms with Crippen molar-refractivity contribution in [2.45, 2.75) is 4.90 Å². The van der Waals surface area contributed by atoms with Crippen LogP contribution < -0.4 is 10.2 Å². The lowest BCUT2D eigenvalue weighted by Crippen LogP contribution is -2.04. The fourth-order valence-corrected chi connectivity index (χ4v) is 3.07. The Kier molecular flexibility index (Phi) is 4.78. The lowest BCUT2D eigenvalue weighted by molar-refractivity contribution is 0.447. The molecule has 0 bridgehead atoms. The molecule has 0 saturated carbocycles. The molecule has 25 heavy (non-hydrogen) atoms. The molecule has 0 atom stereocenters. The van der Waals surface area contributed by atoms with Gasteiger partial charge in [0.2, 0.25) is 11.2 Å². The number of sulfone groups is 1. The Balaban J connectivity index is 2.04. The molecule has 3 rings (SSSR count). The van der Waals surface area contributed by atoms with Crippen molar-refractivity contribution in [2.75, 3.05) is 6.26 Å². The van der Waals surface area contributed by atoms with Crippen LogP contribution in [0.2, 0.25) is 0 Å². The zero-order valence-corrected chi connectivity index (χ0v) is 15.5. The van der Waals surface area contributed by atoms with Crippen LogP contribution in [0.15, 0.2) is 79.4 Å². The van der Waals surface area contributed by atoms with Crippen molar-refractivity contribution >= 4 is 25.8 Å². The summed E-state index contributed by atoms with van der Waals surface area (Å²) in [6.07, 6.45) is 2.41. The van der Waals surface area contributed by atoms with E-state index in [0.717, 1.165) is 10.7 Å². The van der Waals surface area contributed by atoms with Gasteiger partial charge in [-0.05, 0) is 48.5 Å². The molecule has 0 saturated heterocycles. The standard InChI is InChI=1S/C18H13BrO5S/c1-25(21,22)15-8-2-12(3-9-15)17-18(16(20)10-11-23-17)24-14-6-4-13(19)5-7-14/h2-11H,1H3. The van der Waals surface area contributed by atoms with Crippen LogP contribution in [-0.2, 0) is 9.84 Å². The molecule has 0 fully saturated rings. The van der Waals surface area contributed by atoms with Gasteiger partial charge in [0.05, 0.1) is 11.2 Å². The first-order valence-corrected chi connectivity index (χ1v) is 9.89. The molecular weight excluding hydrogens is 408 g/mol. The Bertz CT molecular complexity index is 1050. The zero-order valence-electron chi connectivity index (χ0n) is 13.1. The normalized spacial score (nSPS) is 11.3. The van der Waals surface area contributed by atoms with Crippen molar-refractivity contribution < 1.29 is 17.6 Å². The van der Waals surface area contributed by atoms with E-state index < -0.39 is 9.84 Å². The van der Waals surface area contributed by atoms with Crippen LogP contribution >= 0.6 is 15.9 Å². The number of ether oxygens (including phenoxy) is 1. The Hall–Kier alpha value is -2.38. The van der Waals surface area contributed by atoms with E-state index in [1.165, 1.54) is 24.5 Å². The number of benzene rings is 2. The van der Waals surface area contributed by atoms with Crippen molar-refractivity contribution in [3.05, 3.63) is 75.6 Å². The summed E-state index contributed by atoms with van der Waals surface area (Å²) in [6, 6.07) is 14.3. The molecule has 1 aromatic heterocycles. The summed E-state index contributed by atoms with van der Waals surface area (Å²) >= 11 is 3.33. The fraction of sp³-hybridized carbons (Fsp3) is 0.0556. The maximum absolute atomic E-state index is 12.2. The van der Waals surface area contributed by atoms with Crippen LogP contribution in [0.4, 0.5) is 0 Å². The monoisotopic (exact) mass is 420 g/mol. The number of halogens is 1. The summed E-state index contributed by atoms with van der Waals surface area (Å²) in [5, 5.41) is 0. The highest BCUT2D eigenvalue weighted by Crippen LogP contribution is 2.31. The molecule has 0 aliphatic carbocycles. The highest BCUT2D eigenvalue weighted by molar-refractivity contribution is 9.10. The summed E-state index contributed by atoms with van der Waals surface area (Å²) in [4.78, 5) is 12.4. The lowest BCUT2D eigenvalue weighted by atomic mass is 10.1. The predicted octanol–water partition coefficient (Wildman–Crippen LogP) is 4.27. The minimum Gasteiger partial charge on any atom is -0.460 e. The first kappa shape index (κ1) is 17.4. The Morgan fingerprint density at radius 3 is 2.20 bits per heavy atom. The van der Waals surface area contributed by atoms with E-state index in [1.807, 2.05) is 0 Å². The van der Waals surface area contributed by atoms with Crippen LogP contribution in [0, 0.1) is 0 Å². The second-order valence-electron chi connectivity index (χ2n) is 5.30. The summed E-state index contributed by atoms with van der Waals surface area (Å²) in [5.74, 6) is 0.753. The number of hydrogen-bond acceptors (Lipinski definition) is 5. The predicted molar refractivity (Wildman–Crippen MR) is 97.7 cm³/mol. The van der Waals surface area contributed by atoms with Crippen LogP contribution in [0.5, 0.6) is 11.5 Å². The van der Waals surface area contributed by atoms with Crippen LogP contribution in [0.1, 0.15) is 0 Å². The Labute approximate surface area is 152 Å². The van der Waals surface area contributed by atoms with E-state index in [0.29, 0.717) is 11.3 Å². The van der Waals surface area contributed by atoms with Crippen molar-refractivity contribution in [1.82, 2.24) is 0 Å². The topological polar surface area (TPSA) is 73.6 Å². The minimum atomic E-state index is -3.30. The third kappa shape index (κ3) is 4.00. The van der Waals surface area contributed by atoms with Gasteiger partial charge in [-0.15, -0.1) is 0 Å². The van der Waals surface area contributed by atoms with Gasteiger partial charge in [0, 0.05) is 22.4 Å². The molecule has 0 amide bonds. The maximum Gasteiger partial charge on any atom is 0.228 e. The molecule has 0 radical (unpaired) electrons. The van der Waals surface area contributed by atoms with E-state index in [9.17, 15) is 13.2 Å². The van der Waals surface area contributed by atoms with Gasteiger partial charge in [-0.1, -0.05) is 15.9 Å². The highest BCUT2D eigenvalue weighted by atomic mass is 79.9. The number of rotatable bonds is 4. The quantitative estimate of drug-likeness (QED) is 0.629.